The first-order chi connectivity index (χ1) is 15.5. The number of hydrogen-bond donors (Lipinski definition) is 2. The number of aliphatic hydroxyl groups excluding tert-OH is 1. The Hall–Kier alpha value is -1.69. The molecule has 2 heterocycles. The Balaban J connectivity index is 1.97. The lowest BCUT2D eigenvalue weighted by Gasteiger charge is -2.32. The van der Waals surface area contributed by atoms with Gasteiger partial charge in [-0.1, -0.05) is 17.7 Å². The van der Waals surface area contributed by atoms with E-state index in [4.69, 9.17) is 30.8 Å². The molecule has 0 spiro atoms. The molecule has 1 aliphatic rings. The second-order valence-electron chi connectivity index (χ2n) is 8.87. The van der Waals surface area contributed by atoms with Crippen molar-refractivity contribution in [3.8, 4) is 0 Å². The van der Waals surface area contributed by atoms with Crippen LogP contribution in [0.1, 0.15) is 46.1 Å². The van der Waals surface area contributed by atoms with Gasteiger partial charge in [0.15, 0.2) is 0 Å². The molecule has 0 amide bonds. The van der Waals surface area contributed by atoms with Gasteiger partial charge < -0.3 is 19.2 Å². The van der Waals surface area contributed by atoms with Gasteiger partial charge in [-0.05, 0) is 70.4 Å². The average Bonchev–Trinajstić information content (AvgIpc) is 2.95. The predicted molar refractivity (Wildman–Crippen MR) is 128 cm³/mol. The molecule has 1 aromatic carbocycles. The van der Waals surface area contributed by atoms with Crippen molar-refractivity contribution in [1.82, 2.24) is 4.98 Å². The van der Waals surface area contributed by atoms with Crippen LogP contribution < -0.4 is 10.2 Å². The van der Waals surface area contributed by atoms with Crippen LogP contribution in [0, 0.1) is 0 Å². The highest BCUT2D eigenvalue weighted by atomic mass is 35.5. The molecule has 0 unspecified atom stereocenters. The normalized spacial score (nSPS) is 17.3. The lowest BCUT2D eigenvalue weighted by molar-refractivity contribution is 0.00578. The van der Waals surface area contributed by atoms with Gasteiger partial charge >= 0.3 is 7.12 Å². The highest BCUT2D eigenvalue weighted by molar-refractivity contribution is 7.92. The Morgan fingerprint density at radius 1 is 1.15 bits per heavy atom. The van der Waals surface area contributed by atoms with Gasteiger partial charge in [-0.3, -0.25) is 4.72 Å². The second kappa shape index (κ2) is 10.3. The number of aliphatic hydroxyl groups is 1. The number of anilines is 1. The summed E-state index contributed by atoms with van der Waals surface area (Å²) < 4.78 is 47.0. The molecule has 8 nitrogen and oxygen atoms in total. The number of rotatable bonds is 10. The first-order valence-corrected chi connectivity index (χ1v) is 12.6. The fraction of sp³-hybridized carbons (Fsp3) is 0.500. The van der Waals surface area contributed by atoms with Gasteiger partial charge in [-0.2, -0.15) is 0 Å². The standard InChI is InChI=1S/C22H30BClN2O6S/c1-21(2)22(3,4)32-23(31-21)17-14-19(33(28,29)26-20-9-5-6-10-25-20)16(13-18(17)24)15-30-12-8-7-11-27/h5-6,9-10,13-14,27H,7-8,11-12,15H2,1-4H3,(H,25,26). The van der Waals surface area contributed by atoms with Crippen molar-refractivity contribution < 1.29 is 27.6 Å². The van der Waals surface area contributed by atoms with Gasteiger partial charge in [0.1, 0.15) is 5.82 Å². The molecule has 2 aromatic rings. The van der Waals surface area contributed by atoms with E-state index in [9.17, 15) is 8.42 Å². The van der Waals surface area contributed by atoms with Crippen LogP contribution in [0.3, 0.4) is 0 Å². The average molecular weight is 497 g/mol. The van der Waals surface area contributed by atoms with Crippen LogP contribution in [-0.2, 0) is 30.7 Å². The minimum atomic E-state index is -4.02. The molecule has 0 saturated carbocycles. The predicted octanol–water partition coefficient (Wildman–Crippen LogP) is 3.12. The molecular formula is C22H30BClN2O6S. The lowest BCUT2D eigenvalue weighted by atomic mass is 9.78. The first kappa shape index (κ1) is 25.9. The zero-order valence-electron chi connectivity index (χ0n) is 19.3. The Kier molecular flexibility index (Phi) is 8.09. The number of hydrogen-bond acceptors (Lipinski definition) is 7. The van der Waals surface area contributed by atoms with E-state index >= 15 is 0 Å². The maximum Gasteiger partial charge on any atom is 0.496 e. The summed E-state index contributed by atoms with van der Waals surface area (Å²) in [5.74, 6) is 0.194. The third kappa shape index (κ3) is 6.06. The van der Waals surface area contributed by atoms with E-state index in [0.717, 1.165) is 0 Å². The first-order valence-electron chi connectivity index (χ1n) is 10.8. The van der Waals surface area contributed by atoms with Crippen LogP contribution in [0.2, 0.25) is 5.02 Å². The molecule has 0 atom stereocenters. The number of halogens is 1. The molecule has 180 valence electrons. The highest BCUT2D eigenvalue weighted by Gasteiger charge is 2.52. The molecule has 2 N–H and O–H groups in total. The number of sulfonamides is 1. The topological polar surface area (TPSA) is 107 Å². The van der Waals surface area contributed by atoms with Crippen LogP contribution in [0.25, 0.3) is 0 Å². The zero-order chi connectivity index (χ0) is 24.3. The molecule has 0 radical (unpaired) electrons. The van der Waals surface area contributed by atoms with Gasteiger partial charge in [0, 0.05) is 29.9 Å². The third-order valence-corrected chi connectivity index (χ3v) is 7.60. The summed E-state index contributed by atoms with van der Waals surface area (Å²) in [5.41, 5.74) is -0.407. The monoisotopic (exact) mass is 496 g/mol. The van der Waals surface area contributed by atoms with E-state index in [2.05, 4.69) is 9.71 Å². The van der Waals surface area contributed by atoms with E-state index in [0.29, 0.717) is 35.5 Å². The molecule has 0 aliphatic carbocycles. The molecule has 1 saturated heterocycles. The summed E-state index contributed by atoms with van der Waals surface area (Å²) in [4.78, 5) is 4.05. The van der Waals surface area contributed by atoms with Crippen molar-refractivity contribution >= 4 is 40.0 Å². The van der Waals surface area contributed by atoms with Crippen molar-refractivity contribution in [2.45, 2.75) is 63.2 Å². The Labute approximate surface area is 200 Å². The molecule has 11 heteroatoms. The molecular weight excluding hydrogens is 467 g/mol. The van der Waals surface area contributed by atoms with Crippen LogP contribution >= 0.6 is 11.6 Å². The molecule has 1 aromatic heterocycles. The minimum Gasteiger partial charge on any atom is -0.399 e. The maximum absolute atomic E-state index is 13.3. The third-order valence-electron chi connectivity index (χ3n) is 5.83. The van der Waals surface area contributed by atoms with E-state index < -0.39 is 28.3 Å². The maximum atomic E-state index is 13.3. The van der Waals surface area contributed by atoms with Crippen LogP contribution in [0.15, 0.2) is 41.4 Å². The Morgan fingerprint density at radius 3 is 2.45 bits per heavy atom. The largest absolute Gasteiger partial charge is 0.496 e. The number of benzene rings is 1. The molecule has 3 rings (SSSR count). The smallest absolute Gasteiger partial charge is 0.399 e. The summed E-state index contributed by atoms with van der Waals surface area (Å²) in [5, 5.41) is 9.25. The number of aromatic nitrogens is 1. The summed E-state index contributed by atoms with van der Waals surface area (Å²) in [6.07, 6.45) is 2.76. The van der Waals surface area contributed by atoms with Crippen molar-refractivity contribution in [1.29, 1.82) is 0 Å². The quantitative estimate of drug-likeness (QED) is 0.384. The van der Waals surface area contributed by atoms with Crippen molar-refractivity contribution in [3.05, 3.63) is 47.1 Å². The van der Waals surface area contributed by atoms with E-state index in [1.54, 1.807) is 24.3 Å². The fourth-order valence-corrected chi connectivity index (χ4v) is 4.76. The van der Waals surface area contributed by atoms with E-state index in [1.807, 2.05) is 27.7 Å². The zero-order valence-corrected chi connectivity index (χ0v) is 20.9. The second-order valence-corrected chi connectivity index (χ2v) is 10.9. The van der Waals surface area contributed by atoms with E-state index in [1.165, 1.54) is 12.3 Å². The Bertz CT molecular complexity index is 1050. The van der Waals surface area contributed by atoms with Gasteiger partial charge in [-0.25, -0.2) is 13.4 Å². The van der Waals surface area contributed by atoms with E-state index in [-0.39, 0.29) is 23.9 Å². The number of nitrogens with zero attached hydrogens (tertiary/aromatic N) is 1. The van der Waals surface area contributed by atoms with Crippen molar-refractivity contribution in [2.75, 3.05) is 17.9 Å². The summed E-state index contributed by atoms with van der Waals surface area (Å²) >= 11 is 6.56. The van der Waals surface area contributed by atoms with Gasteiger partial charge in [0.2, 0.25) is 0 Å². The van der Waals surface area contributed by atoms with Crippen molar-refractivity contribution in [2.24, 2.45) is 0 Å². The van der Waals surface area contributed by atoms with Crippen LogP contribution in [0.5, 0.6) is 0 Å². The number of ether oxygens (including phenoxy) is 1. The van der Waals surface area contributed by atoms with Gasteiger partial charge in [-0.15, -0.1) is 0 Å². The lowest BCUT2D eigenvalue weighted by Crippen LogP contribution is -2.41. The van der Waals surface area contributed by atoms with Crippen molar-refractivity contribution in [3.63, 3.8) is 0 Å². The van der Waals surface area contributed by atoms with Gasteiger partial charge in [0.05, 0.1) is 22.7 Å². The SMILES string of the molecule is CC1(C)OB(c2cc(S(=O)(=O)Nc3ccccn3)c(COCCCCO)cc2Cl)OC1(C)C. The van der Waals surface area contributed by atoms with Gasteiger partial charge in [0.25, 0.3) is 10.0 Å². The fourth-order valence-electron chi connectivity index (χ4n) is 3.24. The molecule has 0 bridgehead atoms. The number of pyridine rings is 1. The van der Waals surface area contributed by atoms with Crippen LogP contribution in [-0.4, -0.2) is 50.0 Å². The summed E-state index contributed by atoms with van der Waals surface area (Å²) in [7, 11) is -4.85. The number of unbranched alkanes of at least 4 members (excludes halogenated alkanes) is 1. The Morgan fingerprint density at radius 2 is 1.85 bits per heavy atom. The number of nitrogens with one attached hydrogen (secondary N) is 1. The minimum absolute atomic E-state index is 0.00410. The summed E-state index contributed by atoms with van der Waals surface area (Å²) in [6.45, 7) is 8.14. The summed E-state index contributed by atoms with van der Waals surface area (Å²) in [6, 6.07) is 7.99. The van der Waals surface area contributed by atoms with Crippen LogP contribution in [0.4, 0.5) is 5.82 Å². The molecule has 1 aliphatic heterocycles. The molecule has 33 heavy (non-hydrogen) atoms. The highest BCUT2D eigenvalue weighted by Crippen LogP contribution is 2.37. The molecule has 1 fully saturated rings.